The summed E-state index contributed by atoms with van der Waals surface area (Å²) in [6.07, 6.45) is 3.02. The van der Waals surface area contributed by atoms with Gasteiger partial charge in [-0.15, -0.1) is 0 Å². The lowest BCUT2D eigenvalue weighted by Crippen LogP contribution is -2.16. The second-order valence-corrected chi connectivity index (χ2v) is 4.64. The molecule has 1 aliphatic rings. The number of hydrogen-bond acceptors (Lipinski definition) is 2. The van der Waals surface area contributed by atoms with E-state index in [1.165, 1.54) is 13.0 Å². The minimum atomic E-state index is -0.597. The SMILES string of the molecule is CN1CCC(CS(C)=O)C1. The molecule has 2 unspecified atom stereocenters. The Labute approximate surface area is 65.1 Å². The maximum Gasteiger partial charge on any atom is 0.0273 e. The van der Waals surface area contributed by atoms with Crippen LogP contribution in [0.25, 0.3) is 0 Å². The highest BCUT2D eigenvalue weighted by Crippen LogP contribution is 2.14. The first-order valence-electron chi connectivity index (χ1n) is 3.67. The molecule has 1 heterocycles. The van der Waals surface area contributed by atoms with Crippen LogP contribution in [0.15, 0.2) is 0 Å². The van der Waals surface area contributed by atoms with E-state index in [2.05, 4.69) is 11.9 Å². The summed E-state index contributed by atoms with van der Waals surface area (Å²) >= 11 is 0. The predicted molar refractivity (Wildman–Crippen MR) is 44.5 cm³/mol. The van der Waals surface area contributed by atoms with Gasteiger partial charge in [0.2, 0.25) is 0 Å². The lowest BCUT2D eigenvalue weighted by molar-refractivity contribution is 0.402. The van der Waals surface area contributed by atoms with Crippen molar-refractivity contribution in [1.82, 2.24) is 4.90 Å². The molecular formula is C7H15NOS. The van der Waals surface area contributed by atoms with Crippen LogP contribution in [0.2, 0.25) is 0 Å². The quantitative estimate of drug-likeness (QED) is 0.581. The van der Waals surface area contributed by atoms with Gasteiger partial charge in [-0.2, -0.15) is 0 Å². The molecule has 0 saturated carbocycles. The second-order valence-electron chi connectivity index (χ2n) is 3.16. The number of rotatable bonds is 2. The summed E-state index contributed by atoms with van der Waals surface area (Å²) < 4.78 is 10.8. The van der Waals surface area contributed by atoms with Crippen molar-refractivity contribution in [2.24, 2.45) is 5.92 Å². The van der Waals surface area contributed by atoms with Crippen LogP contribution in [-0.2, 0) is 10.8 Å². The zero-order valence-corrected chi connectivity index (χ0v) is 7.49. The summed E-state index contributed by atoms with van der Waals surface area (Å²) in [6, 6.07) is 0. The Balaban J connectivity index is 2.24. The van der Waals surface area contributed by atoms with Crippen LogP contribution >= 0.6 is 0 Å². The molecule has 0 bridgehead atoms. The van der Waals surface area contributed by atoms with E-state index >= 15 is 0 Å². The standard InChI is InChI=1S/C7H15NOS/c1-8-4-3-7(5-8)6-10(2)9/h7H,3-6H2,1-2H3. The third kappa shape index (κ3) is 2.39. The summed E-state index contributed by atoms with van der Waals surface area (Å²) in [4.78, 5) is 2.30. The summed E-state index contributed by atoms with van der Waals surface area (Å²) in [5, 5.41) is 0. The van der Waals surface area contributed by atoms with E-state index in [4.69, 9.17) is 0 Å². The molecule has 1 fully saturated rings. The van der Waals surface area contributed by atoms with E-state index in [-0.39, 0.29) is 0 Å². The van der Waals surface area contributed by atoms with Crippen LogP contribution in [0.3, 0.4) is 0 Å². The summed E-state index contributed by atoms with van der Waals surface area (Å²) in [5.41, 5.74) is 0. The van der Waals surface area contributed by atoms with Crippen molar-refractivity contribution in [2.75, 3.05) is 32.1 Å². The average molecular weight is 161 g/mol. The van der Waals surface area contributed by atoms with Gasteiger partial charge in [0.25, 0.3) is 0 Å². The molecule has 10 heavy (non-hydrogen) atoms. The summed E-state index contributed by atoms with van der Waals surface area (Å²) in [6.45, 7) is 2.32. The maximum atomic E-state index is 10.8. The Bertz CT molecular complexity index is 138. The molecule has 1 rings (SSSR count). The van der Waals surface area contributed by atoms with Gasteiger partial charge >= 0.3 is 0 Å². The fraction of sp³-hybridized carbons (Fsp3) is 1.00. The Kier molecular flexibility index (Phi) is 2.86. The van der Waals surface area contributed by atoms with Crippen molar-refractivity contribution in [2.45, 2.75) is 6.42 Å². The first-order valence-corrected chi connectivity index (χ1v) is 5.40. The van der Waals surface area contributed by atoms with Crippen molar-refractivity contribution in [3.8, 4) is 0 Å². The third-order valence-electron chi connectivity index (χ3n) is 1.96. The Morgan fingerprint density at radius 1 is 1.70 bits per heavy atom. The largest absolute Gasteiger partial charge is 0.306 e. The van der Waals surface area contributed by atoms with Crippen LogP contribution in [0.5, 0.6) is 0 Å². The molecule has 0 spiro atoms. The van der Waals surface area contributed by atoms with Gasteiger partial charge in [-0.3, -0.25) is 4.21 Å². The van der Waals surface area contributed by atoms with E-state index < -0.39 is 10.8 Å². The predicted octanol–water partition coefficient (Wildman–Crippen LogP) is 0.317. The zero-order chi connectivity index (χ0) is 7.56. The van der Waals surface area contributed by atoms with E-state index in [9.17, 15) is 4.21 Å². The first-order chi connectivity index (χ1) is 4.68. The number of nitrogens with zero attached hydrogens (tertiary/aromatic N) is 1. The van der Waals surface area contributed by atoms with Gasteiger partial charge in [-0.1, -0.05) is 0 Å². The van der Waals surface area contributed by atoms with Crippen LogP contribution in [0.4, 0.5) is 0 Å². The average Bonchev–Trinajstić information content (AvgIpc) is 2.13. The summed E-state index contributed by atoms with van der Waals surface area (Å²) in [7, 11) is 1.53. The lowest BCUT2D eigenvalue weighted by Gasteiger charge is -2.07. The Hall–Kier alpha value is 0.110. The van der Waals surface area contributed by atoms with Gasteiger partial charge in [0.05, 0.1) is 0 Å². The molecule has 1 saturated heterocycles. The minimum absolute atomic E-state index is 0.597. The van der Waals surface area contributed by atoms with Crippen molar-refractivity contribution >= 4 is 10.8 Å². The normalized spacial score (nSPS) is 30.8. The van der Waals surface area contributed by atoms with Gasteiger partial charge in [0.1, 0.15) is 0 Å². The van der Waals surface area contributed by atoms with Crippen LogP contribution in [0.1, 0.15) is 6.42 Å². The second kappa shape index (κ2) is 3.49. The van der Waals surface area contributed by atoms with E-state index in [1.807, 2.05) is 0 Å². The molecule has 0 aromatic heterocycles. The molecule has 3 heteroatoms. The molecule has 0 N–H and O–H groups in total. The monoisotopic (exact) mass is 161 g/mol. The highest BCUT2D eigenvalue weighted by molar-refractivity contribution is 7.84. The molecule has 0 radical (unpaired) electrons. The minimum Gasteiger partial charge on any atom is -0.306 e. The highest BCUT2D eigenvalue weighted by atomic mass is 32.2. The Morgan fingerprint density at radius 2 is 2.40 bits per heavy atom. The van der Waals surface area contributed by atoms with E-state index in [0.29, 0.717) is 5.92 Å². The number of hydrogen-bond donors (Lipinski definition) is 0. The van der Waals surface area contributed by atoms with Crippen molar-refractivity contribution in [3.05, 3.63) is 0 Å². The highest BCUT2D eigenvalue weighted by Gasteiger charge is 2.19. The van der Waals surface area contributed by atoms with Crippen molar-refractivity contribution < 1.29 is 4.21 Å². The van der Waals surface area contributed by atoms with Crippen molar-refractivity contribution in [1.29, 1.82) is 0 Å². The zero-order valence-electron chi connectivity index (χ0n) is 6.67. The number of likely N-dealkylation sites (tertiary alicyclic amines) is 1. The molecule has 2 atom stereocenters. The van der Waals surface area contributed by atoms with Gasteiger partial charge < -0.3 is 4.90 Å². The molecule has 2 nitrogen and oxygen atoms in total. The Morgan fingerprint density at radius 3 is 2.80 bits per heavy atom. The van der Waals surface area contributed by atoms with E-state index in [1.54, 1.807) is 6.26 Å². The molecule has 0 aromatic carbocycles. The summed E-state index contributed by atoms with van der Waals surface area (Å²) in [5.74, 6) is 1.58. The van der Waals surface area contributed by atoms with Gasteiger partial charge in [-0.25, -0.2) is 0 Å². The molecule has 1 aliphatic heterocycles. The third-order valence-corrected chi connectivity index (χ3v) is 2.90. The molecule has 60 valence electrons. The first kappa shape index (κ1) is 8.21. The lowest BCUT2D eigenvalue weighted by atomic mass is 10.2. The molecule has 0 aliphatic carbocycles. The molecule has 0 amide bonds. The molecule has 0 aromatic rings. The van der Waals surface area contributed by atoms with Gasteiger partial charge in [0, 0.05) is 29.4 Å². The fourth-order valence-electron chi connectivity index (χ4n) is 1.49. The van der Waals surface area contributed by atoms with Crippen LogP contribution in [-0.4, -0.2) is 41.3 Å². The topological polar surface area (TPSA) is 20.3 Å². The molecular weight excluding hydrogens is 146 g/mol. The van der Waals surface area contributed by atoms with Gasteiger partial charge in [-0.05, 0) is 25.9 Å². The smallest absolute Gasteiger partial charge is 0.0273 e. The van der Waals surface area contributed by atoms with Gasteiger partial charge in [0.15, 0.2) is 0 Å². The van der Waals surface area contributed by atoms with Crippen molar-refractivity contribution in [3.63, 3.8) is 0 Å². The fourth-order valence-corrected chi connectivity index (χ4v) is 2.43. The van der Waals surface area contributed by atoms with Crippen LogP contribution in [0, 0.1) is 5.92 Å². The maximum absolute atomic E-state index is 10.8. The van der Waals surface area contributed by atoms with E-state index in [0.717, 1.165) is 12.3 Å². The van der Waals surface area contributed by atoms with Crippen LogP contribution < -0.4 is 0 Å².